The molecule has 0 aliphatic carbocycles. The minimum absolute atomic E-state index is 0.546. The Balaban J connectivity index is 3.01. The van der Waals surface area contributed by atoms with Gasteiger partial charge in [0.25, 0.3) is 0 Å². The predicted molar refractivity (Wildman–Crippen MR) is 70.3 cm³/mol. The van der Waals surface area contributed by atoms with Crippen LogP contribution in [0.25, 0.3) is 0 Å². The molecule has 0 unspecified atom stereocenters. The summed E-state index contributed by atoms with van der Waals surface area (Å²) < 4.78 is 171. The Bertz CT molecular complexity index is 739. The zero-order valence-corrected chi connectivity index (χ0v) is 14.6. The van der Waals surface area contributed by atoms with Crippen LogP contribution in [-0.4, -0.2) is 44.8 Å². The normalized spacial score (nSPS) is 13.7. The van der Waals surface area contributed by atoms with Crippen molar-refractivity contribution in [3.8, 4) is 5.75 Å². The monoisotopic (exact) mass is 470 g/mol. The molecule has 0 N–H and O–H groups in total. The molecule has 1 rings (SSSR count). The summed E-state index contributed by atoms with van der Waals surface area (Å²) in [7, 11) is 0.546. The Morgan fingerprint density at radius 1 is 0.633 bits per heavy atom. The molecule has 0 bridgehead atoms. The molecule has 1 aromatic carbocycles. The van der Waals surface area contributed by atoms with Crippen LogP contribution in [0.15, 0.2) is 0 Å². The smallest absolute Gasteiger partial charge is 0.453 e. The number of hydrogen-bond acceptors (Lipinski definition) is 4. The zero-order chi connectivity index (χ0) is 23.7. The lowest BCUT2D eigenvalue weighted by molar-refractivity contribution is -0.515. The van der Waals surface area contributed by atoms with Gasteiger partial charge in [0.15, 0.2) is 24.0 Å². The number of alkyl halides is 8. The fourth-order valence-electron chi connectivity index (χ4n) is 1.73. The Kier molecular flexibility index (Phi) is 7.53. The molecule has 0 aliphatic rings. The summed E-state index contributed by atoms with van der Waals surface area (Å²) >= 11 is 0. The Labute approximate surface area is 159 Å². The van der Waals surface area contributed by atoms with E-state index in [9.17, 15) is 52.7 Å². The molecule has 1 aromatic rings. The second kappa shape index (κ2) is 8.66. The van der Waals surface area contributed by atoms with E-state index < -0.39 is 72.2 Å². The molecule has 0 aliphatic heterocycles. The maximum atomic E-state index is 13.5. The van der Waals surface area contributed by atoms with E-state index in [1.54, 1.807) is 0 Å². The number of rotatable bonds is 10. The van der Waals surface area contributed by atoms with Crippen LogP contribution < -0.4 is 4.74 Å². The largest absolute Gasteiger partial charge is 0.478 e. The van der Waals surface area contributed by atoms with Crippen LogP contribution in [0.5, 0.6) is 5.75 Å². The first-order valence-corrected chi connectivity index (χ1v) is 7.23. The molecule has 0 atom stereocenters. The average molecular weight is 470 g/mol. The van der Waals surface area contributed by atoms with Crippen molar-refractivity contribution in [2.45, 2.75) is 31.4 Å². The minimum atomic E-state index is -6.45. The number of halogens is 12. The van der Waals surface area contributed by atoms with Crippen LogP contribution in [0.1, 0.15) is 5.56 Å². The van der Waals surface area contributed by atoms with Crippen molar-refractivity contribution < 1.29 is 71.6 Å². The summed E-state index contributed by atoms with van der Waals surface area (Å²) in [4.78, 5) is 0. The highest BCUT2D eigenvalue weighted by atomic mass is 19.3. The topological polar surface area (TPSA) is 36.9 Å². The van der Waals surface area contributed by atoms with Gasteiger partial charge in [-0.15, -0.1) is 0 Å². The van der Waals surface area contributed by atoms with E-state index in [2.05, 4.69) is 18.9 Å². The fraction of sp³-hybridized carbons (Fsp3) is 0.571. The van der Waals surface area contributed by atoms with Crippen LogP contribution in [-0.2, 0) is 14.2 Å². The first-order chi connectivity index (χ1) is 13.4. The minimum Gasteiger partial charge on any atom is -0.478 e. The summed E-state index contributed by atoms with van der Waals surface area (Å²) in [5.41, 5.74) is -1.22. The van der Waals surface area contributed by atoms with Crippen LogP contribution in [0.2, 0.25) is 0 Å². The third-order valence-electron chi connectivity index (χ3n) is 3.03. The summed E-state index contributed by atoms with van der Waals surface area (Å²) in [5, 5.41) is 0. The molecule has 0 spiro atoms. The van der Waals surface area contributed by atoms with E-state index in [0.717, 1.165) is 0 Å². The van der Waals surface area contributed by atoms with E-state index in [0.29, 0.717) is 14.0 Å². The molecule has 0 aromatic heterocycles. The van der Waals surface area contributed by atoms with Crippen molar-refractivity contribution in [2.75, 3.05) is 20.3 Å². The molecule has 174 valence electrons. The van der Waals surface area contributed by atoms with E-state index in [4.69, 9.17) is 0 Å². The van der Waals surface area contributed by atoms with Crippen molar-refractivity contribution in [3.63, 3.8) is 0 Å². The maximum absolute atomic E-state index is 13.5. The first-order valence-electron chi connectivity index (χ1n) is 7.23. The van der Waals surface area contributed by atoms with Crippen molar-refractivity contribution >= 4 is 0 Å². The van der Waals surface area contributed by atoms with Crippen molar-refractivity contribution in [2.24, 2.45) is 0 Å². The van der Waals surface area contributed by atoms with Gasteiger partial charge < -0.3 is 9.47 Å². The molecule has 16 heteroatoms. The molecule has 0 radical (unpaired) electrons. The fourth-order valence-corrected chi connectivity index (χ4v) is 1.73. The highest BCUT2D eigenvalue weighted by Gasteiger charge is 2.67. The lowest BCUT2D eigenvalue weighted by Gasteiger charge is -2.31. The zero-order valence-electron chi connectivity index (χ0n) is 14.6. The summed E-state index contributed by atoms with van der Waals surface area (Å²) in [6.07, 6.45) is -23.4. The van der Waals surface area contributed by atoms with Gasteiger partial charge >= 0.3 is 24.4 Å². The Hall–Kier alpha value is -1.94. The summed E-state index contributed by atoms with van der Waals surface area (Å²) in [6, 6.07) is 0. The molecular formula is C14H10F12O4. The van der Waals surface area contributed by atoms with Crippen molar-refractivity contribution in [3.05, 3.63) is 28.8 Å². The van der Waals surface area contributed by atoms with Gasteiger partial charge in [-0.1, -0.05) is 0 Å². The molecule has 0 saturated heterocycles. The van der Waals surface area contributed by atoms with Gasteiger partial charge in [-0.25, -0.2) is 18.3 Å². The van der Waals surface area contributed by atoms with Crippen molar-refractivity contribution in [1.29, 1.82) is 0 Å². The lowest BCUT2D eigenvalue weighted by Crippen LogP contribution is -2.53. The quantitative estimate of drug-likeness (QED) is 0.357. The van der Waals surface area contributed by atoms with Gasteiger partial charge in [-0.3, -0.25) is 0 Å². The summed E-state index contributed by atoms with van der Waals surface area (Å²) in [5.74, 6) is -11.0. The van der Waals surface area contributed by atoms with E-state index in [1.807, 2.05) is 0 Å². The molecular weight excluding hydrogens is 460 g/mol. The summed E-state index contributed by atoms with van der Waals surface area (Å²) in [6.45, 7) is -4.11. The van der Waals surface area contributed by atoms with E-state index in [-0.39, 0.29) is 0 Å². The van der Waals surface area contributed by atoms with Crippen LogP contribution >= 0.6 is 0 Å². The Morgan fingerprint density at radius 3 is 1.37 bits per heavy atom. The lowest BCUT2D eigenvalue weighted by atomic mass is 10.2. The molecule has 4 nitrogen and oxygen atoms in total. The van der Waals surface area contributed by atoms with Crippen LogP contribution in [0.4, 0.5) is 52.7 Å². The second-order valence-electron chi connectivity index (χ2n) is 5.44. The van der Waals surface area contributed by atoms with Crippen LogP contribution in [0.3, 0.4) is 0 Å². The predicted octanol–water partition coefficient (Wildman–Crippen LogP) is 4.98. The highest BCUT2D eigenvalue weighted by Crippen LogP contribution is 2.43. The van der Waals surface area contributed by atoms with Gasteiger partial charge in [-0.2, -0.15) is 43.9 Å². The first kappa shape index (κ1) is 26.1. The third kappa shape index (κ3) is 5.81. The number of methoxy groups -OCH3 is 1. The molecule has 30 heavy (non-hydrogen) atoms. The van der Waals surface area contributed by atoms with E-state index in [1.165, 1.54) is 0 Å². The van der Waals surface area contributed by atoms with Gasteiger partial charge in [0.1, 0.15) is 6.61 Å². The maximum Gasteiger partial charge on any atom is 0.453 e. The molecule has 0 saturated carbocycles. The number of ether oxygens (including phenoxy) is 4. The second-order valence-corrected chi connectivity index (χ2v) is 5.44. The van der Waals surface area contributed by atoms with Crippen LogP contribution in [0, 0.1) is 30.2 Å². The molecule has 0 amide bonds. The number of benzene rings is 1. The number of hydrogen-bond donors (Lipinski definition) is 0. The third-order valence-corrected chi connectivity index (χ3v) is 3.03. The molecule has 0 heterocycles. The standard InChI is InChI=1S/C14H10F12O4/c1-5-6(15)8(17)10(9(18)7(5)16)28-4-12(21,22)30-14(25,26)13(23,24)29-11(19,20)3-27-2/h3-4H2,1-2H3. The SMILES string of the molecule is COCC(F)(F)OC(F)(F)C(F)(F)OC(F)(F)COc1c(F)c(F)c(C)c(F)c1F. The van der Waals surface area contributed by atoms with Gasteiger partial charge in [0.2, 0.25) is 11.6 Å². The average Bonchev–Trinajstić information content (AvgIpc) is 2.56. The van der Waals surface area contributed by atoms with Gasteiger partial charge in [0, 0.05) is 12.7 Å². The highest BCUT2D eigenvalue weighted by molar-refractivity contribution is 5.33. The van der Waals surface area contributed by atoms with E-state index >= 15 is 0 Å². The van der Waals surface area contributed by atoms with Gasteiger partial charge in [-0.05, 0) is 6.92 Å². The van der Waals surface area contributed by atoms with Gasteiger partial charge in [0.05, 0.1) is 0 Å². The molecule has 0 fully saturated rings. The Morgan fingerprint density at radius 2 is 1.00 bits per heavy atom. The van der Waals surface area contributed by atoms with Crippen molar-refractivity contribution in [1.82, 2.24) is 0 Å².